The van der Waals surface area contributed by atoms with E-state index in [4.69, 9.17) is 0 Å². The summed E-state index contributed by atoms with van der Waals surface area (Å²) in [6, 6.07) is 8.32. The smallest absolute Gasteiger partial charge is 0.307 e. The number of carbonyl (C=O) groups excluding carboxylic acids is 1. The van der Waals surface area contributed by atoms with Gasteiger partial charge in [0.05, 0.1) is 17.9 Å². The Kier molecular flexibility index (Phi) is 3.63. The van der Waals surface area contributed by atoms with Gasteiger partial charge in [-0.25, -0.2) is 0 Å². The number of fused-ring (bicyclic) bond motifs is 3. The predicted octanol–water partition coefficient (Wildman–Crippen LogP) is 2.93. The maximum atomic E-state index is 12.9. The summed E-state index contributed by atoms with van der Waals surface area (Å²) in [5.41, 5.74) is 2.52. The van der Waals surface area contributed by atoms with Gasteiger partial charge in [0.15, 0.2) is 0 Å². The van der Waals surface area contributed by atoms with E-state index in [2.05, 4.69) is 17.4 Å². The molecule has 0 saturated heterocycles. The van der Waals surface area contributed by atoms with Crippen molar-refractivity contribution in [3.8, 4) is 0 Å². The lowest BCUT2D eigenvalue weighted by Crippen LogP contribution is -2.43. The van der Waals surface area contributed by atoms with Crippen LogP contribution in [0, 0.1) is 23.7 Å². The van der Waals surface area contributed by atoms with Crippen LogP contribution in [-0.2, 0) is 16.0 Å². The first-order chi connectivity index (χ1) is 11.1. The molecular formula is C19H23NO3. The van der Waals surface area contributed by atoms with Crippen molar-refractivity contribution in [2.45, 2.75) is 44.6 Å². The van der Waals surface area contributed by atoms with Crippen LogP contribution in [0.3, 0.4) is 0 Å². The predicted molar refractivity (Wildman–Crippen MR) is 85.7 cm³/mol. The Morgan fingerprint density at radius 2 is 1.78 bits per heavy atom. The van der Waals surface area contributed by atoms with Crippen molar-refractivity contribution >= 4 is 11.9 Å². The zero-order valence-electron chi connectivity index (χ0n) is 13.2. The molecule has 0 aromatic heterocycles. The molecule has 0 heterocycles. The summed E-state index contributed by atoms with van der Waals surface area (Å²) in [6.45, 7) is 0. The number of rotatable bonds is 3. The average Bonchev–Trinajstić information content (AvgIpc) is 3.16. The van der Waals surface area contributed by atoms with Gasteiger partial charge in [-0.15, -0.1) is 0 Å². The molecule has 2 saturated carbocycles. The SMILES string of the molecule is O=C(O)[C@@H]1[C@H]2CC[C@@H](C2)[C@H]1C(=O)N[C@@H]1CCCc2ccccc21. The van der Waals surface area contributed by atoms with Crippen LogP contribution in [0.4, 0.5) is 0 Å². The number of carbonyl (C=O) groups is 2. The highest BCUT2D eigenvalue weighted by Crippen LogP contribution is 2.52. The Balaban J connectivity index is 1.54. The molecule has 0 radical (unpaired) electrons. The van der Waals surface area contributed by atoms with Crippen molar-refractivity contribution in [3.05, 3.63) is 35.4 Å². The van der Waals surface area contributed by atoms with Gasteiger partial charge in [-0.3, -0.25) is 9.59 Å². The molecular weight excluding hydrogens is 290 g/mol. The topological polar surface area (TPSA) is 66.4 Å². The van der Waals surface area contributed by atoms with Crippen LogP contribution in [0.1, 0.15) is 49.3 Å². The first kappa shape index (κ1) is 14.7. The standard InChI is InChI=1S/C19H23NO3/c21-18(16-12-8-9-13(10-12)17(16)19(22)23)20-15-7-3-5-11-4-1-2-6-14(11)15/h1-2,4,6,12-13,15-17H,3,5,7-10H2,(H,20,21)(H,22,23)/t12-,13-,15+,16+,17+/m0/s1. The third kappa shape index (κ3) is 2.44. The van der Waals surface area contributed by atoms with Gasteiger partial charge in [0.1, 0.15) is 0 Å². The second kappa shape index (κ2) is 5.66. The van der Waals surface area contributed by atoms with Gasteiger partial charge in [-0.1, -0.05) is 24.3 Å². The van der Waals surface area contributed by atoms with Crippen LogP contribution in [0.5, 0.6) is 0 Å². The molecule has 23 heavy (non-hydrogen) atoms. The molecule has 0 spiro atoms. The molecule has 0 unspecified atom stereocenters. The fraction of sp³-hybridized carbons (Fsp3) is 0.579. The number of carboxylic acids is 1. The maximum Gasteiger partial charge on any atom is 0.307 e. The number of aliphatic carboxylic acids is 1. The van der Waals surface area contributed by atoms with Crippen molar-refractivity contribution < 1.29 is 14.7 Å². The number of hydrogen-bond donors (Lipinski definition) is 2. The molecule has 122 valence electrons. The van der Waals surface area contributed by atoms with E-state index in [0.717, 1.165) is 38.5 Å². The molecule has 1 aromatic carbocycles. The molecule has 2 bridgehead atoms. The minimum atomic E-state index is -0.790. The Morgan fingerprint density at radius 3 is 2.57 bits per heavy atom. The van der Waals surface area contributed by atoms with E-state index >= 15 is 0 Å². The molecule has 0 aliphatic heterocycles. The molecule has 2 fully saturated rings. The van der Waals surface area contributed by atoms with Crippen molar-refractivity contribution in [3.63, 3.8) is 0 Å². The fourth-order valence-electron chi connectivity index (χ4n) is 5.20. The number of hydrogen-bond acceptors (Lipinski definition) is 2. The van der Waals surface area contributed by atoms with Crippen LogP contribution in [0.25, 0.3) is 0 Å². The van der Waals surface area contributed by atoms with E-state index in [9.17, 15) is 14.7 Å². The lowest BCUT2D eigenvalue weighted by Gasteiger charge is -2.31. The molecule has 3 aliphatic carbocycles. The van der Waals surface area contributed by atoms with E-state index in [0.29, 0.717) is 0 Å². The fourth-order valence-corrected chi connectivity index (χ4v) is 5.20. The minimum absolute atomic E-state index is 0.0358. The van der Waals surface area contributed by atoms with Gasteiger partial charge >= 0.3 is 5.97 Å². The van der Waals surface area contributed by atoms with Crippen molar-refractivity contribution in [2.75, 3.05) is 0 Å². The largest absolute Gasteiger partial charge is 0.481 e. The zero-order chi connectivity index (χ0) is 16.0. The Labute approximate surface area is 136 Å². The Hall–Kier alpha value is -1.84. The Morgan fingerprint density at radius 1 is 1.04 bits per heavy atom. The molecule has 1 aromatic rings. The van der Waals surface area contributed by atoms with Crippen LogP contribution in [0.15, 0.2) is 24.3 Å². The van der Waals surface area contributed by atoms with Gasteiger partial charge in [0, 0.05) is 0 Å². The third-order valence-corrected chi connectivity index (χ3v) is 6.19. The minimum Gasteiger partial charge on any atom is -0.481 e. The number of carboxylic acid groups (broad SMARTS) is 1. The highest BCUT2D eigenvalue weighted by Gasteiger charge is 2.54. The van der Waals surface area contributed by atoms with Gasteiger partial charge in [-0.2, -0.15) is 0 Å². The van der Waals surface area contributed by atoms with Crippen LogP contribution < -0.4 is 5.32 Å². The first-order valence-corrected chi connectivity index (χ1v) is 8.76. The van der Waals surface area contributed by atoms with Crippen molar-refractivity contribution in [2.24, 2.45) is 23.7 Å². The second-order valence-electron chi connectivity index (χ2n) is 7.38. The van der Waals surface area contributed by atoms with E-state index in [1.165, 1.54) is 11.1 Å². The van der Waals surface area contributed by atoms with Crippen molar-refractivity contribution in [1.29, 1.82) is 0 Å². The lowest BCUT2D eigenvalue weighted by atomic mass is 9.78. The van der Waals surface area contributed by atoms with E-state index in [1.807, 2.05) is 12.1 Å². The zero-order valence-corrected chi connectivity index (χ0v) is 13.2. The first-order valence-electron chi connectivity index (χ1n) is 8.76. The van der Waals surface area contributed by atoms with Crippen molar-refractivity contribution in [1.82, 2.24) is 5.32 Å². The molecule has 3 aliphatic rings. The number of amides is 1. The second-order valence-corrected chi connectivity index (χ2v) is 7.38. The summed E-state index contributed by atoms with van der Waals surface area (Å²) in [4.78, 5) is 24.5. The summed E-state index contributed by atoms with van der Waals surface area (Å²) in [5.74, 6) is -1.17. The molecule has 2 N–H and O–H groups in total. The highest BCUT2D eigenvalue weighted by molar-refractivity contribution is 5.86. The van der Waals surface area contributed by atoms with E-state index < -0.39 is 11.9 Å². The van der Waals surface area contributed by atoms with Crippen LogP contribution in [-0.4, -0.2) is 17.0 Å². The molecule has 4 nitrogen and oxygen atoms in total. The van der Waals surface area contributed by atoms with Crippen LogP contribution >= 0.6 is 0 Å². The number of nitrogens with one attached hydrogen (secondary N) is 1. The quantitative estimate of drug-likeness (QED) is 0.901. The third-order valence-electron chi connectivity index (χ3n) is 6.19. The van der Waals surface area contributed by atoms with E-state index in [1.54, 1.807) is 0 Å². The number of benzene rings is 1. The summed E-state index contributed by atoms with van der Waals surface area (Å²) >= 11 is 0. The van der Waals surface area contributed by atoms with Gasteiger partial charge in [0.25, 0.3) is 0 Å². The molecule has 4 heteroatoms. The monoisotopic (exact) mass is 313 g/mol. The molecule has 4 rings (SSSR count). The number of aryl methyl sites for hydroxylation is 1. The Bertz CT molecular complexity index is 641. The van der Waals surface area contributed by atoms with Gasteiger partial charge < -0.3 is 10.4 Å². The van der Waals surface area contributed by atoms with E-state index in [-0.39, 0.29) is 29.7 Å². The van der Waals surface area contributed by atoms with Gasteiger partial charge in [0.2, 0.25) is 5.91 Å². The summed E-state index contributed by atoms with van der Waals surface area (Å²) in [7, 11) is 0. The van der Waals surface area contributed by atoms with Crippen LogP contribution in [0.2, 0.25) is 0 Å². The summed E-state index contributed by atoms with van der Waals surface area (Å²) < 4.78 is 0. The maximum absolute atomic E-state index is 12.9. The summed E-state index contributed by atoms with van der Waals surface area (Å²) in [6.07, 6.45) is 5.97. The molecule has 1 amide bonds. The average molecular weight is 313 g/mol. The summed E-state index contributed by atoms with van der Waals surface area (Å²) in [5, 5.41) is 12.7. The molecule has 5 atom stereocenters. The lowest BCUT2D eigenvalue weighted by molar-refractivity contribution is -0.149. The normalized spacial score (nSPS) is 34.9. The highest BCUT2D eigenvalue weighted by atomic mass is 16.4. The van der Waals surface area contributed by atoms with Gasteiger partial charge in [-0.05, 0) is 61.5 Å².